The fraction of sp³-hybridized carbons (Fsp3) is 0.209. The molecule has 7 aromatic rings. The van der Waals surface area contributed by atoms with Crippen LogP contribution in [-0.4, -0.2) is 18.0 Å². The number of pyridine rings is 2. The molecule has 0 amide bonds. The topological polar surface area (TPSA) is 38.9 Å². The van der Waals surface area contributed by atoms with Crippen LogP contribution < -0.4 is 5.19 Å². The predicted molar refractivity (Wildman–Crippen MR) is 201 cm³/mol. The van der Waals surface area contributed by atoms with E-state index in [9.17, 15) is 0 Å². The Kier molecular flexibility index (Phi) is 10.1. The van der Waals surface area contributed by atoms with Gasteiger partial charge in [-0.25, -0.2) is 0 Å². The molecule has 4 aromatic carbocycles. The van der Waals surface area contributed by atoms with Crippen molar-refractivity contribution in [1.82, 2.24) is 9.97 Å². The molecule has 0 unspecified atom stereocenters. The van der Waals surface area contributed by atoms with E-state index in [0.29, 0.717) is 0 Å². The first kappa shape index (κ1) is 32.4. The van der Waals surface area contributed by atoms with E-state index >= 15 is 0 Å². The van der Waals surface area contributed by atoms with E-state index in [1.54, 1.807) is 6.20 Å². The largest absolute Gasteiger partial charge is 0.501 e. The van der Waals surface area contributed by atoms with Gasteiger partial charge in [0, 0.05) is 40.6 Å². The van der Waals surface area contributed by atoms with Gasteiger partial charge in [0.05, 0.1) is 13.7 Å². The minimum absolute atomic E-state index is 0. The number of hydrogen-bond donors (Lipinski definition) is 0. The predicted octanol–water partition coefficient (Wildman–Crippen LogP) is 11.5. The summed E-state index contributed by atoms with van der Waals surface area (Å²) in [6, 6.07) is 40.9. The van der Waals surface area contributed by atoms with Crippen molar-refractivity contribution in [3.8, 4) is 33.6 Å². The second kappa shape index (κ2) is 14.9. The van der Waals surface area contributed by atoms with E-state index in [0.717, 1.165) is 61.1 Å². The zero-order chi connectivity index (χ0) is 35.0. The molecule has 0 saturated heterocycles. The maximum Gasteiger partial charge on any atom is 0.120 e. The Balaban J connectivity index is 0.000000204. The van der Waals surface area contributed by atoms with E-state index in [2.05, 4.69) is 72.1 Å². The minimum atomic E-state index is -1.50. The molecule has 3 nitrogen and oxygen atoms in total. The molecule has 1 radical (unpaired) electrons. The molecule has 0 atom stereocenters. The summed E-state index contributed by atoms with van der Waals surface area (Å²) in [7, 11) is -1.50. The SMILES string of the molecule is [2H]C(C)(C)c1cc(-c2[c-]cccc2)ncc1[Si](C)(C)C.[2H]C(C)(C)c1ccnc(-c2[c-]ccc3c2oc2ccc(-c4ccccc4)cc23)c1.[Ir]. The second-order valence-electron chi connectivity index (χ2n) is 13.3. The van der Waals surface area contributed by atoms with E-state index in [4.69, 9.17) is 7.16 Å². The molecule has 245 valence electrons. The van der Waals surface area contributed by atoms with Crippen LogP contribution in [0, 0.1) is 12.1 Å². The van der Waals surface area contributed by atoms with Crippen LogP contribution in [0.4, 0.5) is 0 Å². The molecular formula is C43H42IrN2OSi-2. The Morgan fingerprint density at radius 3 is 2.17 bits per heavy atom. The number of benzene rings is 4. The maximum absolute atomic E-state index is 8.44. The second-order valence-corrected chi connectivity index (χ2v) is 18.4. The molecule has 3 aromatic heterocycles. The first-order valence-corrected chi connectivity index (χ1v) is 19.6. The van der Waals surface area contributed by atoms with Gasteiger partial charge in [-0.15, -0.1) is 54.1 Å². The van der Waals surface area contributed by atoms with Crippen LogP contribution in [-0.2, 0) is 20.1 Å². The van der Waals surface area contributed by atoms with Crippen LogP contribution in [0.3, 0.4) is 0 Å². The normalized spacial score (nSPS) is 12.5. The Hall–Kier alpha value is -4.15. The van der Waals surface area contributed by atoms with E-state index in [-0.39, 0.29) is 20.1 Å². The third-order valence-electron chi connectivity index (χ3n) is 8.37. The fourth-order valence-electron chi connectivity index (χ4n) is 5.79. The molecule has 0 aliphatic heterocycles. The number of rotatable bonds is 6. The minimum Gasteiger partial charge on any atom is -0.501 e. The summed E-state index contributed by atoms with van der Waals surface area (Å²) in [5.74, 6) is -1.30. The van der Waals surface area contributed by atoms with Crippen molar-refractivity contribution in [2.24, 2.45) is 0 Å². The standard InChI is InChI=1S/C26H20NO.C17H22NSi.Ir/c1-17(2)19-13-14-27-24(16-19)22-10-6-9-21-23-15-20(18-7-4-3-5-8-18)11-12-25(23)28-26(21)22;1-13(2)15-11-16(14-9-7-6-8-10-14)18-12-17(15)19(3,4)5;/h3-9,11-17H,1-2H3;6-9,11-13H,1-5H3;/q2*-1;/i17D;13D;. The molecule has 0 fully saturated rings. The summed E-state index contributed by atoms with van der Waals surface area (Å²) in [6.45, 7) is 14.6. The molecule has 3 heterocycles. The van der Waals surface area contributed by atoms with Gasteiger partial charge in [0.1, 0.15) is 5.58 Å². The fourth-order valence-corrected chi connectivity index (χ4v) is 7.37. The van der Waals surface area contributed by atoms with Gasteiger partial charge in [-0.2, -0.15) is 0 Å². The first-order chi connectivity index (χ1) is 23.2. The molecule has 0 N–H and O–H groups in total. The molecule has 0 saturated carbocycles. The summed E-state index contributed by atoms with van der Waals surface area (Å²) >= 11 is 0. The Labute approximate surface area is 302 Å². The van der Waals surface area contributed by atoms with Crippen molar-refractivity contribution >= 4 is 35.2 Å². The van der Waals surface area contributed by atoms with Crippen molar-refractivity contribution < 1.29 is 27.3 Å². The van der Waals surface area contributed by atoms with Crippen molar-refractivity contribution in [3.05, 3.63) is 139 Å². The smallest absolute Gasteiger partial charge is 0.120 e. The quantitative estimate of drug-likeness (QED) is 0.124. The van der Waals surface area contributed by atoms with Crippen molar-refractivity contribution in [2.45, 2.75) is 59.1 Å². The molecular weight excluding hydrogens is 781 g/mol. The summed E-state index contributed by atoms with van der Waals surface area (Å²) in [5, 5.41) is 3.40. The van der Waals surface area contributed by atoms with E-state index < -0.39 is 19.9 Å². The Bertz CT molecular complexity index is 2230. The molecule has 0 aliphatic rings. The van der Waals surface area contributed by atoms with Gasteiger partial charge in [-0.05, 0) is 57.7 Å². The third-order valence-corrected chi connectivity index (χ3v) is 10.4. The Morgan fingerprint density at radius 2 is 1.48 bits per heavy atom. The van der Waals surface area contributed by atoms with Gasteiger partial charge in [0.25, 0.3) is 0 Å². The number of aromatic nitrogens is 2. The van der Waals surface area contributed by atoms with Gasteiger partial charge in [-0.1, -0.05) is 118 Å². The van der Waals surface area contributed by atoms with Crippen molar-refractivity contribution in [1.29, 1.82) is 0 Å². The zero-order valence-electron chi connectivity index (χ0n) is 30.6. The summed E-state index contributed by atoms with van der Waals surface area (Å²) < 4.78 is 23.0. The van der Waals surface area contributed by atoms with E-state index in [1.165, 1.54) is 10.8 Å². The molecule has 48 heavy (non-hydrogen) atoms. The summed E-state index contributed by atoms with van der Waals surface area (Å²) in [4.78, 5) is 9.14. The number of fused-ring (bicyclic) bond motifs is 3. The molecule has 0 spiro atoms. The molecule has 0 aliphatic carbocycles. The van der Waals surface area contributed by atoms with Crippen LogP contribution in [0.25, 0.3) is 55.6 Å². The van der Waals surface area contributed by atoms with Gasteiger partial charge in [0.2, 0.25) is 0 Å². The zero-order valence-corrected chi connectivity index (χ0v) is 32.0. The van der Waals surface area contributed by atoms with E-state index in [1.807, 2.05) is 107 Å². The van der Waals surface area contributed by atoms with Crippen LogP contribution >= 0.6 is 0 Å². The number of furan rings is 1. The van der Waals surface area contributed by atoms with Gasteiger partial charge < -0.3 is 14.4 Å². The van der Waals surface area contributed by atoms with Crippen LogP contribution in [0.2, 0.25) is 19.6 Å². The molecule has 7 rings (SSSR count). The van der Waals surface area contributed by atoms with Crippen LogP contribution in [0.5, 0.6) is 0 Å². The molecule has 5 heteroatoms. The van der Waals surface area contributed by atoms with Gasteiger partial charge >= 0.3 is 0 Å². The third kappa shape index (κ3) is 7.60. The monoisotopic (exact) mass is 825 g/mol. The van der Waals surface area contributed by atoms with Crippen LogP contribution in [0.1, 0.15) is 53.4 Å². The van der Waals surface area contributed by atoms with Crippen molar-refractivity contribution in [2.75, 3.05) is 0 Å². The van der Waals surface area contributed by atoms with Crippen LogP contribution in [0.15, 0.2) is 120 Å². The number of hydrogen-bond acceptors (Lipinski definition) is 3. The molecule has 0 bridgehead atoms. The number of nitrogens with zero attached hydrogens (tertiary/aromatic N) is 2. The Morgan fingerprint density at radius 1 is 0.708 bits per heavy atom. The maximum atomic E-state index is 8.44. The first-order valence-electron chi connectivity index (χ1n) is 17.1. The average Bonchev–Trinajstić information content (AvgIpc) is 3.46. The average molecular weight is 825 g/mol. The van der Waals surface area contributed by atoms with Gasteiger partial charge in [-0.3, -0.25) is 0 Å². The summed E-state index contributed by atoms with van der Waals surface area (Å²) in [6.07, 6.45) is 3.73. The van der Waals surface area contributed by atoms with Crippen molar-refractivity contribution in [3.63, 3.8) is 0 Å². The van der Waals surface area contributed by atoms with Gasteiger partial charge in [0.15, 0.2) is 0 Å². The summed E-state index contributed by atoms with van der Waals surface area (Å²) in [5.41, 5.74) is 9.46.